The first-order valence-electron chi connectivity index (χ1n) is 2.46. The fourth-order valence-electron chi connectivity index (χ4n) is 0.571. The van der Waals surface area contributed by atoms with Gasteiger partial charge >= 0.3 is 15.2 Å². The van der Waals surface area contributed by atoms with E-state index in [1.807, 2.05) is 0 Å². The number of rotatable bonds is 2. The molecule has 0 aromatic heterocycles. The predicted octanol–water partition coefficient (Wildman–Crippen LogP) is -0.974. The Kier molecular flexibility index (Phi) is 1.82. The van der Waals surface area contributed by atoms with Gasteiger partial charge in [-0.15, -0.1) is 0 Å². The molecule has 0 unspecified atom stereocenters. The quantitative estimate of drug-likeness (QED) is 0.336. The number of epoxide rings is 1. The summed E-state index contributed by atoms with van der Waals surface area (Å²) in [7, 11) is -9.73. The molecule has 0 aromatic rings. The fourth-order valence-corrected chi connectivity index (χ4v) is 2.73. The van der Waals surface area contributed by atoms with Crippen LogP contribution in [0.1, 0.15) is 0 Å². The van der Waals surface area contributed by atoms with E-state index in [0.717, 1.165) is 0 Å². The minimum absolute atomic E-state index is 0.596. The van der Waals surface area contributed by atoms with Crippen molar-refractivity contribution in [2.75, 3.05) is 6.61 Å². The molecule has 1 aliphatic heterocycles. The van der Waals surface area contributed by atoms with Gasteiger partial charge in [0.25, 0.3) is 5.08 Å². The zero-order valence-corrected chi connectivity index (χ0v) is 6.90. The highest BCUT2D eigenvalue weighted by atomic mass is 31.2. The molecule has 0 radical (unpaired) electrons. The molecule has 0 saturated carbocycles. The van der Waals surface area contributed by atoms with Crippen molar-refractivity contribution in [2.45, 2.75) is 5.08 Å². The van der Waals surface area contributed by atoms with Gasteiger partial charge in [-0.05, 0) is 0 Å². The van der Waals surface area contributed by atoms with Crippen LogP contribution in [0.15, 0.2) is 0 Å². The normalized spacial score (nSPS) is 23.3. The summed E-state index contributed by atoms with van der Waals surface area (Å²) in [5.74, 6) is 0. The van der Waals surface area contributed by atoms with Crippen LogP contribution in [0.5, 0.6) is 0 Å². The second-order valence-corrected chi connectivity index (χ2v) is 6.09. The molecule has 66 valence electrons. The molecule has 1 aliphatic rings. The van der Waals surface area contributed by atoms with E-state index in [9.17, 15) is 9.13 Å². The van der Waals surface area contributed by atoms with E-state index in [1.165, 1.54) is 0 Å². The van der Waals surface area contributed by atoms with E-state index in [0.29, 0.717) is 0 Å². The van der Waals surface area contributed by atoms with Crippen LogP contribution in [0.4, 0.5) is 0 Å². The SMILES string of the molecule is O=P(O)(O)C1(P(=O)(O)O)CO1. The molecule has 1 rings (SSSR count). The lowest BCUT2D eigenvalue weighted by Crippen LogP contribution is -2.11. The van der Waals surface area contributed by atoms with Crippen molar-refractivity contribution in [1.29, 1.82) is 0 Å². The minimum atomic E-state index is -4.86. The largest absolute Gasteiger partial charge is 0.372 e. The van der Waals surface area contributed by atoms with Crippen LogP contribution in [-0.4, -0.2) is 31.3 Å². The van der Waals surface area contributed by atoms with Crippen LogP contribution >= 0.6 is 15.2 Å². The summed E-state index contributed by atoms with van der Waals surface area (Å²) in [4.78, 5) is 33.7. The minimum Gasteiger partial charge on any atom is -0.346 e. The zero-order chi connectivity index (χ0) is 8.91. The summed E-state index contributed by atoms with van der Waals surface area (Å²) in [6.45, 7) is -0.596. The maximum absolute atomic E-state index is 10.4. The van der Waals surface area contributed by atoms with Crippen LogP contribution in [0.25, 0.3) is 0 Å². The third-order valence-electron chi connectivity index (χ3n) is 1.31. The van der Waals surface area contributed by atoms with Crippen molar-refractivity contribution >= 4 is 15.2 Å². The van der Waals surface area contributed by atoms with Gasteiger partial charge in [0.1, 0.15) is 6.61 Å². The van der Waals surface area contributed by atoms with E-state index < -0.39 is 26.9 Å². The van der Waals surface area contributed by atoms with E-state index in [1.54, 1.807) is 0 Å². The van der Waals surface area contributed by atoms with Crippen molar-refractivity contribution in [1.82, 2.24) is 0 Å². The Morgan fingerprint density at radius 1 is 1.09 bits per heavy atom. The third-order valence-corrected chi connectivity index (χ3v) is 5.21. The van der Waals surface area contributed by atoms with Crippen LogP contribution < -0.4 is 0 Å². The van der Waals surface area contributed by atoms with Crippen molar-refractivity contribution < 1.29 is 33.4 Å². The summed E-state index contributed by atoms with van der Waals surface area (Å²) in [6.07, 6.45) is 0. The van der Waals surface area contributed by atoms with Crippen LogP contribution in [0.3, 0.4) is 0 Å². The standard InChI is InChI=1S/C2H6O7P2/c3-10(4,5)2(1-9-2)11(6,7)8/h1H2,(H2,3,4,5)(H2,6,7,8). The van der Waals surface area contributed by atoms with Gasteiger partial charge < -0.3 is 24.3 Å². The molecule has 1 saturated heterocycles. The number of hydrogen-bond donors (Lipinski definition) is 4. The lowest BCUT2D eigenvalue weighted by atomic mass is 11.0. The van der Waals surface area contributed by atoms with Crippen molar-refractivity contribution in [2.24, 2.45) is 0 Å². The summed E-state index contributed by atoms with van der Waals surface area (Å²) in [5.41, 5.74) is 0. The van der Waals surface area contributed by atoms with Gasteiger partial charge in [-0.2, -0.15) is 0 Å². The highest BCUT2D eigenvalue weighted by Gasteiger charge is 2.72. The summed E-state index contributed by atoms with van der Waals surface area (Å²) >= 11 is 0. The van der Waals surface area contributed by atoms with E-state index in [4.69, 9.17) is 19.6 Å². The van der Waals surface area contributed by atoms with E-state index in [-0.39, 0.29) is 0 Å². The van der Waals surface area contributed by atoms with Gasteiger partial charge in [0, 0.05) is 0 Å². The van der Waals surface area contributed by atoms with Gasteiger partial charge in [-0.3, -0.25) is 9.13 Å². The molecule has 1 heterocycles. The zero-order valence-electron chi connectivity index (χ0n) is 5.12. The molecule has 9 heteroatoms. The van der Waals surface area contributed by atoms with Crippen molar-refractivity contribution in [3.05, 3.63) is 0 Å². The lowest BCUT2D eigenvalue weighted by Gasteiger charge is -2.13. The van der Waals surface area contributed by atoms with E-state index >= 15 is 0 Å². The first-order valence-corrected chi connectivity index (χ1v) is 5.68. The molecule has 4 N–H and O–H groups in total. The maximum atomic E-state index is 10.4. The van der Waals surface area contributed by atoms with Gasteiger partial charge in [-0.1, -0.05) is 0 Å². The van der Waals surface area contributed by atoms with Gasteiger partial charge in [0.2, 0.25) is 0 Å². The monoisotopic (exact) mass is 204 g/mol. The number of ether oxygens (including phenoxy) is 1. The average Bonchev–Trinajstić information content (AvgIpc) is 2.31. The summed E-state index contributed by atoms with van der Waals surface area (Å²) < 4.78 is 25.0. The van der Waals surface area contributed by atoms with Gasteiger partial charge in [-0.25, -0.2) is 0 Å². The fraction of sp³-hybridized carbons (Fsp3) is 1.00. The Labute approximate surface area is 61.3 Å². The first kappa shape index (κ1) is 9.35. The Bertz CT molecular complexity index is 230. The summed E-state index contributed by atoms with van der Waals surface area (Å²) in [6, 6.07) is 0. The third kappa shape index (κ3) is 1.29. The van der Waals surface area contributed by atoms with Crippen LogP contribution in [-0.2, 0) is 13.9 Å². The average molecular weight is 204 g/mol. The van der Waals surface area contributed by atoms with Crippen LogP contribution in [0.2, 0.25) is 0 Å². The second-order valence-electron chi connectivity index (χ2n) is 2.12. The molecular formula is C2H6O7P2. The van der Waals surface area contributed by atoms with Gasteiger partial charge in [0.15, 0.2) is 0 Å². The molecule has 1 fully saturated rings. The molecule has 7 nitrogen and oxygen atoms in total. The molecule has 11 heavy (non-hydrogen) atoms. The molecule has 0 spiro atoms. The predicted molar refractivity (Wildman–Crippen MR) is 32.8 cm³/mol. The Morgan fingerprint density at radius 3 is 1.36 bits per heavy atom. The van der Waals surface area contributed by atoms with Crippen LogP contribution in [0, 0.1) is 0 Å². The number of hydrogen-bond acceptors (Lipinski definition) is 3. The summed E-state index contributed by atoms with van der Waals surface area (Å²) in [5, 5.41) is -2.54. The Hall–Kier alpha value is 0.260. The molecule has 0 atom stereocenters. The first-order chi connectivity index (χ1) is 4.71. The van der Waals surface area contributed by atoms with Crippen molar-refractivity contribution in [3.8, 4) is 0 Å². The Balaban J connectivity index is 3.05. The topological polar surface area (TPSA) is 128 Å². The van der Waals surface area contributed by atoms with Gasteiger partial charge in [0.05, 0.1) is 0 Å². The highest BCUT2D eigenvalue weighted by molar-refractivity contribution is 7.72. The maximum Gasteiger partial charge on any atom is 0.372 e. The lowest BCUT2D eigenvalue weighted by molar-refractivity contribution is 0.283. The van der Waals surface area contributed by atoms with E-state index in [2.05, 4.69) is 4.74 Å². The Morgan fingerprint density at radius 2 is 1.36 bits per heavy atom. The van der Waals surface area contributed by atoms with Crippen molar-refractivity contribution in [3.63, 3.8) is 0 Å². The molecule has 0 aromatic carbocycles. The molecule has 0 aliphatic carbocycles. The smallest absolute Gasteiger partial charge is 0.346 e. The highest BCUT2D eigenvalue weighted by Crippen LogP contribution is 2.75. The molecular weight excluding hydrogens is 198 g/mol. The molecule has 0 bridgehead atoms. The second kappa shape index (κ2) is 2.14. The molecule has 0 amide bonds.